The monoisotopic (exact) mass is 328 g/mol. The van der Waals surface area contributed by atoms with Gasteiger partial charge in [-0.05, 0) is 43.5 Å². The molecule has 0 aliphatic rings. The molecule has 1 aromatic carbocycles. The number of methoxy groups -OCH3 is 1. The molecule has 0 spiro atoms. The average molecular weight is 328 g/mol. The van der Waals surface area contributed by atoms with Gasteiger partial charge in [0.25, 0.3) is 5.91 Å². The number of anilines is 1. The molecule has 0 saturated heterocycles. The van der Waals surface area contributed by atoms with Crippen molar-refractivity contribution < 1.29 is 9.53 Å². The summed E-state index contributed by atoms with van der Waals surface area (Å²) in [7, 11) is 1.67. The summed E-state index contributed by atoms with van der Waals surface area (Å²) in [6, 6.07) is 11.5. The van der Waals surface area contributed by atoms with Crippen LogP contribution in [-0.2, 0) is 6.42 Å². The minimum absolute atomic E-state index is 0.123. The van der Waals surface area contributed by atoms with Gasteiger partial charge >= 0.3 is 0 Å². The fourth-order valence-electron chi connectivity index (χ4n) is 2.18. The van der Waals surface area contributed by atoms with Crippen molar-refractivity contribution in [3.63, 3.8) is 0 Å². The number of nitrogens with zero attached hydrogens (tertiary/aromatic N) is 2. The maximum atomic E-state index is 11.9. The number of aromatic nitrogens is 2. The molecule has 128 valence electrons. The van der Waals surface area contributed by atoms with Crippen molar-refractivity contribution in [2.45, 2.75) is 32.7 Å². The first-order valence-electron chi connectivity index (χ1n) is 8.14. The van der Waals surface area contributed by atoms with Gasteiger partial charge in [0.1, 0.15) is 11.6 Å². The summed E-state index contributed by atoms with van der Waals surface area (Å²) in [6.45, 7) is 4.68. The normalized spacial score (nSPS) is 11.6. The Bertz CT molecular complexity index is 658. The van der Waals surface area contributed by atoms with Gasteiger partial charge in [0, 0.05) is 12.6 Å². The number of hydrogen-bond donors (Lipinski definition) is 2. The van der Waals surface area contributed by atoms with Crippen molar-refractivity contribution in [3.05, 3.63) is 47.7 Å². The van der Waals surface area contributed by atoms with Crippen molar-refractivity contribution in [1.82, 2.24) is 15.5 Å². The fraction of sp³-hybridized carbons (Fsp3) is 0.389. The van der Waals surface area contributed by atoms with Crippen LogP contribution in [0.4, 0.5) is 5.82 Å². The highest BCUT2D eigenvalue weighted by Crippen LogP contribution is 2.17. The van der Waals surface area contributed by atoms with Gasteiger partial charge < -0.3 is 15.4 Å². The highest BCUT2D eigenvalue weighted by Gasteiger charge is 2.10. The summed E-state index contributed by atoms with van der Waals surface area (Å²) < 4.78 is 5.33. The lowest BCUT2D eigenvalue weighted by Crippen LogP contribution is -2.32. The highest BCUT2D eigenvalue weighted by molar-refractivity contribution is 5.92. The first kappa shape index (κ1) is 17.7. The van der Waals surface area contributed by atoms with Crippen LogP contribution >= 0.6 is 0 Å². The second-order valence-electron chi connectivity index (χ2n) is 5.58. The van der Waals surface area contributed by atoms with Crippen molar-refractivity contribution in [2.75, 3.05) is 19.0 Å². The van der Waals surface area contributed by atoms with Crippen molar-refractivity contribution in [3.8, 4) is 5.75 Å². The second-order valence-corrected chi connectivity index (χ2v) is 5.58. The fourth-order valence-corrected chi connectivity index (χ4v) is 2.18. The highest BCUT2D eigenvalue weighted by atomic mass is 16.5. The maximum Gasteiger partial charge on any atom is 0.272 e. The molecule has 24 heavy (non-hydrogen) atoms. The van der Waals surface area contributed by atoms with E-state index in [1.54, 1.807) is 19.2 Å². The molecular formula is C18H24N4O2. The molecule has 0 aliphatic heterocycles. The van der Waals surface area contributed by atoms with Crippen LogP contribution in [0.15, 0.2) is 36.4 Å². The molecule has 1 heterocycles. The van der Waals surface area contributed by atoms with E-state index in [2.05, 4.69) is 20.8 Å². The first-order valence-corrected chi connectivity index (χ1v) is 8.14. The third kappa shape index (κ3) is 4.94. The van der Waals surface area contributed by atoms with Crippen LogP contribution < -0.4 is 15.4 Å². The van der Waals surface area contributed by atoms with Gasteiger partial charge in [-0.2, -0.15) is 0 Å². The summed E-state index contributed by atoms with van der Waals surface area (Å²) in [5, 5.41) is 14.1. The number of para-hydroxylation sites is 1. The largest absolute Gasteiger partial charge is 0.496 e. The third-order valence-electron chi connectivity index (χ3n) is 3.78. The zero-order valence-corrected chi connectivity index (χ0v) is 14.4. The van der Waals surface area contributed by atoms with Crippen molar-refractivity contribution >= 4 is 11.7 Å². The van der Waals surface area contributed by atoms with Crippen LogP contribution in [-0.4, -0.2) is 35.8 Å². The van der Waals surface area contributed by atoms with E-state index in [1.807, 2.05) is 38.1 Å². The SMILES string of the molecule is CCC(C)NC(=O)c1ccc(NCCc2ccccc2OC)nn1. The minimum Gasteiger partial charge on any atom is -0.496 e. The zero-order chi connectivity index (χ0) is 17.4. The number of carbonyl (C=O) groups excluding carboxylic acids is 1. The van der Waals surface area contributed by atoms with E-state index < -0.39 is 0 Å². The molecule has 1 amide bonds. The van der Waals surface area contributed by atoms with Crippen molar-refractivity contribution in [2.24, 2.45) is 0 Å². The minimum atomic E-state index is -0.197. The Hall–Kier alpha value is -2.63. The van der Waals surface area contributed by atoms with Gasteiger partial charge in [-0.3, -0.25) is 4.79 Å². The Morgan fingerprint density at radius 1 is 1.21 bits per heavy atom. The molecule has 0 radical (unpaired) electrons. The van der Waals surface area contributed by atoms with Gasteiger partial charge in [-0.15, -0.1) is 10.2 Å². The quantitative estimate of drug-likeness (QED) is 0.779. The molecule has 1 aromatic heterocycles. The lowest BCUT2D eigenvalue weighted by atomic mass is 10.1. The van der Waals surface area contributed by atoms with Crippen LogP contribution in [0.5, 0.6) is 5.75 Å². The predicted molar refractivity (Wildman–Crippen MR) is 94.4 cm³/mol. The van der Waals surface area contributed by atoms with Crippen LogP contribution in [0.25, 0.3) is 0 Å². The van der Waals surface area contributed by atoms with Crippen LogP contribution in [0, 0.1) is 0 Å². The van der Waals surface area contributed by atoms with E-state index in [0.717, 1.165) is 24.2 Å². The second kappa shape index (κ2) is 8.86. The summed E-state index contributed by atoms with van der Waals surface area (Å²) in [5.41, 5.74) is 1.45. The number of nitrogens with one attached hydrogen (secondary N) is 2. The number of benzene rings is 1. The summed E-state index contributed by atoms with van der Waals surface area (Å²) >= 11 is 0. The number of carbonyl (C=O) groups is 1. The van der Waals surface area contributed by atoms with E-state index in [1.165, 1.54) is 0 Å². The van der Waals surface area contributed by atoms with Gasteiger partial charge in [-0.1, -0.05) is 25.1 Å². The molecule has 2 rings (SSSR count). The van der Waals surface area contributed by atoms with Gasteiger partial charge in [0.15, 0.2) is 5.69 Å². The Balaban J connectivity index is 1.87. The average Bonchev–Trinajstić information content (AvgIpc) is 2.62. The molecule has 2 N–H and O–H groups in total. The van der Waals surface area contributed by atoms with Crippen LogP contribution in [0.2, 0.25) is 0 Å². The molecule has 2 aromatic rings. The van der Waals surface area contributed by atoms with Crippen LogP contribution in [0.1, 0.15) is 36.3 Å². The summed E-state index contributed by atoms with van der Waals surface area (Å²) in [4.78, 5) is 11.9. The molecule has 0 aliphatic carbocycles. The maximum absolute atomic E-state index is 11.9. The number of rotatable bonds is 8. The molecule has 6 nitrogen and oxygen atoms in total. The van der Waals surface area contributed by atoms with Gasteiger partial charge in [0.2, 0.25) is 0 Å². The van der Waals surface area contributed by atoms with E-state index in [9.17, 15) is 4.79 Å². The lowest BCUT2D eigenvalue weighted by Gasteiger charge is -2.11. The Labute approximate surface area is 142 Å². The van der Waals surface area contributed by atoms with E-state index >= 15 is 0 Å². The molecule has 0 saturated carbocycles. The molecule has 1 unspecified atom stereocenters. The first-order chi connectivity index (χ1) is 11.6. The topological polar surface area (TPSA) is 76.1 Å². The number of hydrogen-bond acceptors (Lipinski definition) is 5. The summed E-state index contributed by atoms with van der Waals surface area (Å²) in [6.07, 6.45) is 1.68. The van der Waals surface area contributed by atoms with E-state index in [4.69, 9.17) is 4.74 Å². The lowest BCUT2D eigenvalue weighted by molar-refractivity contribution is 0.0933. The standard InChI is InChI=1S/C18H24N4O2/c1-4-13(2)20-18(23)15-9-10-17(22-21-15)19-12-11-14-7-5-6-8-16(14)24-3/h5-10,13H,4,11-12H2,1-3H3,(H,19,22)(H,20,23). The Morgan fingerprint density at radius 3 is 2.67 bits per heavy atom. The van der Waals surface area contributed by atoms with Crippen molar-refractivity contribution in [1.29, 1.82) is 0 Å². The Kier molecular flexibility index (Phi) is 6.54. The predicted octanol–water partition coefficient (Wildman–Crippen LogP) is 2.67. The van der Waals surface area contributed by atoms with Gasteiger partial charge in [0.05, 0.1) is 7.11 Å². The molecular weight excluding hydrogens is 304 g/mol. The van der Waals surface area contributed by atoms with E-state index in [0.29, 0.717) is 18.1 Å². The molecule has 6 heteroatoms. The molecule has 1 atom stereocenters. The number of amides is 1. The van der Waals surface area contributed by atoms with Crippen LogP contribution in [0.3, 0.4) is 0 Å². The zero-order valence-electron chi connectivity index (χ0n) is 14.4. The number of ether oxygens (including phenoxy) is 1. The van der Waals surface area contributed by atoms with E-state index in [-0.39, 0.29) is 11.9 Å². The summed E-state index contributed by atoms with van der Waals surface area (Å²) in [5.74, 6) is 1.32. The van der Waals surface area contributed by atoms with Gasteiger partial charge in [-0.25, -0.2) is 0 Å². The smallest absolute Gasteiger partial charge is 0.272 e. The third-order valence-corrected chi connectivity index (χ3v) is 3.78. The molecule has 0 fully saturated rings. The Morgan fingerprint density at radius 2 is 2.00 bits per heavy atom. The molecule has 0 bridgehead atoms.